The predicted molar refractivity (Wildman–Crippen MR) is 81.6 cm³/mol. The number of nitrogens with zero attached hydrogens (tertiary/aromatic N) is 2. The fraction of sp³-hybridized carbons (Fsp3) is 0.533. The maximum Gasteiger partial charge on any atom is 0.0522 e. The lowest BCUT2D eigenvalue weighted by Gasteiger charge is -2.18. The first-order chi connectivity index (χ1) is 9.24. The van der Waals surface area contributed by atoms with E-state index in [4.69, 9.17) is 0 Å². The monoisotopic (exact) mass is 277 g/mol. The Labute approximate surface area is 119 Å². The molecule has 0 aliphatic heterocycles. The second-order valence-corrected chi connectivity index (χ2v) is 5.84. The lowest BCUT2D eigenvalue weighted by Crippen LogP contribution is -2.24. The van der Waals surface area contributed by atoms with E-state index in [1.54, 1.807) is 0 Å². The molecule has 0 aromatic carbocycles. The maximum atomic E-state index is 4.27. The largest absolute Gasteiger partial charge is 0.309 e. The van der Waals surface area contributed by atoms with Gasteiger partial charge in [0.1, 0.15) is 0 Å². The summed E-state index contributed by atoms with van der Waals surface area (Å²) < 4.78 is 1.88. The van der Waals surface area contributed by atoms with Crippen LogP contribution in [0.1, 0.15) is 42.3 Å². The zero-order valence-corrected chi connectivity index (χ0v) is 12.8. The molecule has 1 unspecified atom stereocenters. The molecule has 0 radical (unpaired) electrons. The van der Waals surface area contributed by atoms with Crippen molar-refractivity contribution in [1.29, 1.82) is 0 Å². The van der Waals surface area contributed by atoms with Crippen LogP contribution in [0.4, 0.5) is 0 Å². The molecule has 0 bridgehead atoms. The number of thiophene rings is 1. The molecule has 2 aromatic heterocycles. The average molecular weight is 277 g/mol. The molecule has 3 nitrogen and oxygen atoms in total. The van der Waals surface area contributed by atoms with Crippen molar-refractivity contribution < 1.29 is 0 Å². The first-order valence-corrected chi connectivity index (χ1v) is 7.89. The highest BCUT2D eigenvalue weighted by Gasteiger charge is 2.16. The van der Waals surface area contributed by atoms with E-state index in [0.29, 0.717) is 6.04 Å². The Hall–Kier alpha value is -1.13. The molecule has 19 heavy (non-hydrogen) atoms. The molecule has 0 saturated heterocycles. The molecule has 1 N–H and O–H groups in total. The zero-order chi connectivity index (χ0) is 13.7. The minimum Gasteiger partial charge on any atom is -0.309 e. The van der Waals surface area contributed by atoms with E-state index >= 15 is 0 Å². The number of aromatic nitrogens is 2. The Morgan fingerprint density at radius 1 is 1.42 bits per heavy atom. The standard InChI is InChI=1S/C15H23N3S/c1-4-7-16-14(9-12-10-17-18(3)11-12)15-13(5-2)6-8-19-15/h6,8,10-11,14,16H,4-5,7,9H2,1-3H3. The molecule has 0 saturated carbocycles. The van der Waals surface area contributed by atoms with Gasteiger partial charge in [0.05, 0.1) is 6.20 Å². The summed E-state index contributed by atoms with van der Waals surface area (Å²) >= 11 is 1.87. The zero-order valence-electron chi connectivity index (χ0n) is 12.0. The second-order valence-electron chi connectivity index (χ2n) is 4.90. The number of hydrogen-bond acceptors (Lipinski definition) is 3. The van der Waals surface area contributed by atoms with Crippen LogP contribution in [0.3, 0.4) is 0 Å². The number of rotatable bonds is 7. The van der Waals surface area contributed by atoms with Crippen LogP contribution in [0.2, 0.25) is 0 Å². The van der Waals surface area contributed by atoms with Crippen LogP contribution in [0, 0.1) is 0 Å². The number of aryl methyl sites for hydroxylation is 2. The Morgan fingerprint density at radius 3 is 2.89 bits per heavy atom. The quantitative estimate of drug-likeness (QED) is 0.841. The van der Waals surface area contributed by atoms with Crippen molar-refractivity contribution in [2.45, 2.75) is 39.2 Å². The van der Waals surface area contributed by atoms with Gasteiger partial charge in [-0.3, -0.25) is 4.68 Å². The molecule has 2 aromatic rings. The van der Waals surface area contributed by atoms with Crippen molar-refractivity contribution in [2.75, 3.05) is 6.54 Å². The minimum absolute atomic E-state index is 0.416. The van der Waals surface area contributed by atoms with Crippen LogP contribution in [0.5, 0.6) is 0 Å². The molecular formula is C15H23N3S. The average Bonchev–Trinajstić information content (AvgIpc) is 3.03. The lowest BCUT2D eigenvalue weighted by molar-refractivity contribution is 0.533. The third-order valence-electron chi connectivity index (χ3n) is 3.32. The first-order valence-electron chi connectivity index (χ1n) is 7.01. The molecule has 4 heteroatoms. The highest BCUT2D eigenvalue weighted by molar-refractivity contribution is 7.10. The topological polar surface area (TPSA) is 29.9 Å². The van der Waals surface area contributed by atoms with Crippen LogP contribution in [-0.2, 0) is 19.9 Å². The minimum atomic E-state index is 0.416. The van der Waals surface area contributed by atoms with Gasteiger partial charge in [0.15, 0.2) is 0 Å². The summed E-state index contributed by atoms with van der Waals surface area (Å²) in [7, 11) is 1.97. The Bertz CT molecular complexity index is 501. The molecule has 0 aliphatic rings. The molecule has 104 valence electrons. The van der Waals surface area contributed by atoms with Crippen molar-refractivity contribution in [3.63, 3.8) is 0 Å². The second kappa shape index (κ2) is 6.87. The van der Waals surface area contributed by atoms with Gasteiger partial charge in [-0.05, 0) is 48.4 Å². The molecule has 0 spiro atoms. The van der Waals surface area contributed by atoms with E-state index < -0.39 is 0 Å². The molecule has 0 aliphatic carbocycles. The molecule has 0 fully saturated rings. The van der Waals surface area contributed by atoms with Gasteiger partial charge in [0.2, 0.25) is 0 Å². The first kappa shape index (κ1) is 14.3. The third kappa shape index (κ3) is 3.67. The fourth-order valence-corrected chi connectivity index (χ4v) is 3.41. The smallest absolute Gasteiger partial charge is 0.0522 e. The maximum absolute atomic E-state index is 4.27. The number of hydrogen-bond donors (Lipinski definition) is 1. The van der Waals surface area contributed by atoms with Gasteiger partial charge in [-0.15, -0.1) is 11.3 Å². The van der Waals surface area contributed by atoms with Crippen LogP contribution >= 0.6 is 11.3 Å². The summed E-state index contributed by atoms with van der Waals surface area (Å²) in [4.78, 5) is 1.49. The third-order valence-corrected chi connectivity index (χ3v) is 4.39. The van der Waals surface area contributed by atoms with Crippen molar-refractivity contribution in [1.82, 2.24) is 15.1 Å². The molecular weight excluding hydrogens is 254 g/mol. The lowest BCUT2D eigenvalue weighted by atomic mass is 10.0. The van der Waals surface area contributed by atoms with Crippen LogP contribution in [0.25, 0.3) is 0 Å². The predicted octanol–water partition coefficient (Wildman–Crippen LogP) is 3.33. The molecule has 0 amide bonds. The SMILES string of the molecule is CCCNC(Cc1cnn(C)c1)c1sccc1CC. The van der Waals surface area contributed by atoms with Crippen LogP contribution in [0.15, 0.2) is 23.8 Å². The van der Waals surface area contributed by atoms with Crippen molar-refractivity contribution in [3.8, 4) is 0 Å². The van der Waals surface area contributed by atoms with Crippen LogP contribution < -0.4 is 5.32 Å². The van der Waals surface area contributed by atoms with Gasteiger partial charge in [-0.1, -0.05) is 13.8 Å². The molecule has 1 atom stereocenters. The summed E-state index contributed by atoms with van der Waals surface area (Å²) in [6, 6.07) is 2.67. The van der Waals surface area contributed by atoms with Crippen molar-refractivity contribution >= 4 is 11.3 Å². The van der Waals surface area contributed by atoms with Crippen LogP contribution in [-0.4, -0.2) is 16.3 Å². The summed E-state index contributed by atoms with van der Waals surface area (Å²) in [6.07, 6.45) is 7.37. The van der Waals surface area contributed by atoms with Crippen molar-refractivity contribution in [2.24, 2.45) is 7.05 Å². The van der Waals surface area contributed by atoms with Gasteiger partial charge < -0.3 is 5.32 Å². The fourth-order valence-electron chi connectivity index (χ4n) is 2.33. The van der Waals surface area contributed by atoms with E-state index in [2.05, 4.69) is 41.9 Å². The van der Waals surface area contributed by atoms with Gasteiger partial charge in [-0.25, -0.2) is 0 Å². The van der Waals surface area contributed by atoms with E-state index in [1.165, 1.54) is 16.0 Å². The van der Waals surface area contributed by atoms with E-state index in [1.807, 2.05) is 29.3 Å². The highest BCUT2D eigenvalue weighted by atomic mass is 32.1. The Balaban J connectivity index is 2.15. The van der Waals surface area contributed by atoms with Gasteiger partial charge in [0, 0.05) is 24.2 Å². The van der Waals surface area contributed by atoms with Gasteiger partial charge in [-0.2, -0.15) is 5.10 Å². The Kier molecular flexibility index (Phi) is 5.16. The Morgan fingerprint density at radius 2 is 2.26 bits per heavy atom. The van der Waals surface area contributed by atoms with Gasteiger partial charge in [0.25, 0.3) is 0 Å². The molecule has 2 heterocycles. The van der Waals surface area contributed by atoms with E-state index in [-0.39, 0.29) is 0 Å². The molecule has 2 rings (SSSR count). The van der Waals surface area contributed by atoms with Gasteiger partial charge >= 0.3 is 0 Å². The highest BCUT2D eigenvalue weighted by Crippen LogP contribution is 2.27. The summed E-state index contributed by atoms with van der Waals surface area (Å²) in [5, 5.41) is 10.2. The summed E-state index contributed by atoms with van der Waals surface area (Å²) in [6.45, 7) is 5.50. The van der Waals surface area contributed by atoms with E-state index in [0.717, 1.165) is 25.8 Å². The number of nitrogens with one attached hydrogen (secondary N) is 1. The normalized spacial score (nSPS) is 12.8. The summed E-state index contributed by atoms with van der Waals surface area (Å²) in [5.41, 5.74) is 2.77. The van der Waals surface area contributed by atoms with E-state index in [9.17, 15) is 0 Å². The summed E-state index contributed by atoms with van der Waals surface area (Å²) in [5.74, 6) is 0. The van der Waals surface area contributed by atoms with Crippen molar-refractivity contribution in [3.05, 3.63) is 39.8 Å².